The van der Waals surface area contributed by atoms with Crippen LogP contribution in [-0.4, -0.2) is 46.5 Å². The Hall–Kier alpha value is -3.19. The number of nitrogens with one attached hydrogen (secondary N) is 2. The third kappa shape index (κ3) is 5.31. The molecule has 0 aromatic carbocycles. The van der Waals surface area contributed by atoms with E-state index in [9.17, 15) is 24.6 Å². The van der Waals surface area contributed by atoms with E-state index in [1.54, 1.807) is 24.3 Å². The van der Waals surface area contributed by atoms with E-state index in [1.807, 2.05) is 6.08 Å². The van der Waals surface area contributed by atoms with Crippen molar-refractivity contribution < 1.29 is 24.6 Å². The second kappa shape index (κ2) is 11.2. The summed E-state index contributed by atoms with van der Waals surface area (Å²) in [6.45, 7) is 4.73. The SMILES string of the molecule is CC[C@@H]1C[C@@H]2C[C@H]3/C=C\C=C\C(=O)NC/C=C/[C@@H]4NC(=O)/C(=C(O)/C=C/C=C/[C@H](O)[C@H]3[C@@H]2[C@H]1C)C4=O. The Labute approximate surface area is 212 Å². The molecule has 2 amide bonds. The molecule has 2 aliphatic carbocycles. The molecular formula is C29H36N2O5. The number of rotatable bonds is 1. The molecule has 192 valence electrons. The van der Waals surface area contributed by atoms with E-state index >= 15 is 0 Å². The van der Waals surface area contributed by atoms with E-state index in [1.165, 1.54) is 30.7 Å². The van der Waals surface area contributed by atoms with Gasteiger partial charge in [-0.15, -0.1) is 0 Å². The second-order valence-corrected chi connectivity index (χ2v) is 10.3. The van der Waals surface area contributed by atoms with Crippen molar-refractivity contribution in [2.24, 2.45) is 35.5 Å². The number of hydrogen-bond acceptors (Lipinski definition) is 5. The Balaban J connectivity index is 1.62. The van der Waals surface area contributed by atoms with Gasteiger partial charge in [0, 0.05) is 12.6 Å². The number of carbonyl (C=O) groups excluding carboxylic acids is 3. The highest BCUT2D eigenvalue weighted by Crippen LogP contribution is 2.57. The van der Waals surface area contributed by atoms with Crippen LogP contribution in [0.5, 0.6) is 0 Å². The maximum absolute atomic E-state index is 12.6. The molecule has 0 aromatic rings. The summed E-state index contributed by atoms with van der Waals surface area (Å²) in [6, 6.07) is -0.894. The number of aliphatic hydroxyl groups excluding tert-OH is 2. The van der Waals surface area contributed by atoms with Gasteiger partial charge in [0.05, 0.1) is 6.10 Å². The largest absolute Gasteiger partial charge is 0.507 e. The Kier molecular flexibility index (Phi) is 8.09. The number of Topliss-reactive ketones (excluding diaryl/α,β-unsaturated/α-hetero) is 1. The molecule has 4 N–H and O–H groups in total. The quantitative estimate of drug-likeness (QED) is 0.332. The maximum atomic E-state index is 12.6. The molecule has 4 rings (SSSR count). The van der Waals surface area contributed by atoms with Crippen LogP contribution in [0.15, 0.2) is 72.1 Å². The van der Waals surface area contributed by atoms with Gasteiger partial charge in [0.15, 0.2) is 5.78 Å². The smallest absolute Gasteiger partial charge is 0.259 e. The summed E-state index contributed by atoms with van der Waals surface area (Å²) in [6.07, 6.45) is 19.1. The summed E-state index contributed by atoms with van der Waals surface area (Å²) < 4.78 is 0. The van der Waals surface area contributed by atoms with Crippen molar-refractivity contribution in [3.8, 4) is 0 Å². The highest BCUT2D eigenvalue weighted by atomic mass is 16.3. The van der Waals surface area contributed by atoms with Gasteiger partial charge >= 0.3 is 0 Å². The summed E-state index contributed by atoms with van der Waals surface area (Å²) in [5.74, 6) is 0.544. The number of allylic oxidation sites excluding steroid dienone is 6. The average Bonchev–Trinajstić information content (AvgIpc) is 3.45. The van der Waals surface area contributed by atoms with Crippen LogP contribution in [0, 0.1) is 35.5 Å². The van der Waals surface area contributed by atoms with E-state index in [4.69, 9.17) is 0 Å². The second-order valence-electron chi connectivity index (χ2n) is 10.3. The zero-order valence-electron chi connectivity index (χ0n) is 20.8. The number of ketones is 1. The molecule has 0 spiro atoms. The van der Waals surface area contributed by atoms with Crippen LogP contribution in [0.25, 0.3) is 0 Å². The zero-order valence-corrected chi connectivity index (χ0v) is 20.8. The van der Waals surface area contributed by atoms with Crippen molar-refractivity contribution in [3.63, 3.8) is 0 Å². The van der Waals surface area contributed by atoms with Crippen LogP contribution < -0.4 is 10.6 Å². The lowest BCUT2D eigenvalue weighted by Gasteiger charge is -2.30. The lowest BCUT2D eigenvalue weighted by atomic mass is 9.76. The normalized spacial score (nSPS) is 43.6. The molecule has 7 nitrogen and oxygen atoms in total. The van der Waals surface area contributed by atoms with Gasteiger partial charge in [-0.3, -0.25) is 14.4 Å². The summed E-state index contributed by atoms with van der Waals surface area (Å²) in [7, 11) is 0. The van der Waals surface area contributed by atoms with E-state index in [0.717, 1.165) is 12.8 Å². The van der Waals surface area contributed by atoms with E-state index in [-0.39, 0.29) is 29.9 Å². The fourth-order valence-electron chi connectivity index (χ4n) is 6.67. The number of hydrogen-bond donors (Lipinski definition) is 4. The predicted octanol–water partition coefficient (Wildman–Crippen LogP) is 3.07. The standard InChI is InChI=1S/C29H36N2O5/c1-3-18-15-20-16-19-9-4-7-13-24(34)30-14-8-10-21-28(35)27(29(36)31-21)23(33)12-6-5-11-22(32)26(19)25(20)17(18)2/h4-13,17-22,25-26,32-33H,3,14-16H2,1-2H3,(H,30,34)(H,31,36)/b9-4-,10-8+,11-5+,12-6+,13-7+,27-23-/t17-,18+,19+,20+,21-,22-,25+,26-/m0/s1. The number of aliphatic hydroxyl groups is 2. The van der Waals surface area contributed by atoms with Crippen LogP contribution in [0.3, 0.4) is 0 Å². The molecule has 2 bridgehead atoms. The summed E-state index contributed by atoms with van der Waals surface area (Å²) in [5, 5.41) is 26.8. The Morgan fingerprint density at radius 2 is 1.72 bits per heavy atom. The molecule has 1 saturated heterocycles. The van der Waals surface area contributed by atoms with Gasteiger partial charge in [0.2, 0.25) is 5.91 Å². The fraction of sp³-hybridized carbons (Fsp3) is 0.483. The summed E-state index contributed by atoms with van der Waals surface area (Å²) in [4.78, 5) is 37.0. The predicted molar refractivity (Wildman–Crippen MR) is 137 cm³/mol. The minimum absolute atomic E-state index is 0.0512. The first-order valence-corrected chi connectivity index (χ1v) is 12.9. The van der Waals surface area contributed by atoms with E-state index in [2.05, 4.69) is 30.6 Å². The summed E-state index contributed by atoms with van der Waals surface area (Å²) >= 11 is 0. The maximum Gasteiger partial charge on any atom is 0.259 e. The van der Waals surface area contributed by atoms with E-state index in [0.29, 0.717) is 23.7 Å². The number of carbonyl (C=O) groups is 3. The van der Waals surface area contributed by atoms with Gasteiger partial charge in [-0.05, 0) is 54.4 Å². The number of amides is 2. The number of fused-ring (bicyclic) bond motifs is 5. The van der Waals surface area contributed by atoms with Gasteiger partial charge in [0.1, 0.15) is 17.4 Å². The topological polar surface area (TPSA) is 116 Å². The van der Waals surface area contributed by atoms with Gasteiger partial charge in [-0.2, -0.15) is 0 Å². The van der Waals surface area contributed by atoms with Crippen molar-refractivity contribution in [1.82, 2.24) is 10.6 Å². The van der Waals surface area contributed by atoms with Gasteiger partial charge in [0.25, 0.3) is 5.91 Å². The van der Waals surface area contributed by atoms with Crippen LogP contribution in [0.2, 0.25) is 0 Å². The van der Waals surface area contributed by atoms with Gasteiger partial charge in [-0.1, -0.05) is 68.9 Å². The van der Waals surface area contributed by atoms with Crippen molar-refractivity contribution in [2.45, 2.75) is 45.3 Å². The minimum atomic E-state index is -0.894. The first kappa shape index (κ1) is 25.9. The lowest BCUT2D eigenvalue weighted by molar-refractivity contribution is -0.118. The third-order valence-electron chi connectivity index (χ3n) is 8.34. The molecule has 0 radical (unpaired) electrons. The Morgan fingerprint density at radius 1 is 0.972 bits per heavy atom. The van der Waals surface area contributed by atoms with Gasteiger partial charge in [-0.25, -0.2) is 0 Å². The van der Waals surface area contributed by atoms with Crippen molar-refractivity contribution >= 4 is 17.6 Å². The van der Waals surface area contributed by atoms with Crippen LogP contribution in [0.1, 0.15) is 33.1 Å². The molecular weight excluding hydrogens is 456 g/mol. The average molecular weight is 493 g/mol. The van der Waals surface area contributed by atoms with Gasteiger partial charge < -0.3 is 20.8 Å². The Bertz CT molecular complexity index is 1070. The Morgan fingerprint density at radius 3 is 2.50 bits per heavy atom. The van der Waals surface area contributed by atoms with Crippen LogP contribution >= 0.6 is 0 Å². The molecule has 2 aliphatic heterocycles. The van der Waals surface area contributed by atoms with E-state index < -0.39 is 29.6 Å². The van der Waals surface area contributed by atoms with Crippen molar-refractivity contribution in [2.75, 3.05) is 6.54 Å². The highest BCUT2D eigenvalue weighted by molar-refractivity contribution is 6.27. The van der Waals surface area contributed by atoms with Crippen molar-refractivity contribution in [3.05, 3.63) is 72.1 Å². The molecule has 3 fully saturated rings. The molecule has 8 atom stereocenters. The van der Waals surface area contributed by atoms with Crippen LogP contribution in [0.4, 0.5) is 0 Å². The first-order valence-electron chi connectivity index (χ1n) is 12.9. The molecule has 0 unspecified atom stereocenters. The molecule has 2 saturated carbocycles. The minimum Gasteiger partial charge on any atom is -0.507 e. The zero-order chi connectivity index (χ0) is 25.8. The molecule has 4 aliphatic rings. The third-order valence-corrected chi connectivity index (χ3v) is 8.34. The molecule has 0 aromatic heterocycles. The first-order chi connectivity index (χ1) is 17.3. The highest BCUT2D eigenvalue weighted by Gasteiger charge is 2.52. The van der Waals surface area contributed by atoms with Crippen molar-refractivity contribution in [1.29, 1.82) is 0 Å². The monoisotopic (exact) mass is 492 g/mol. The lowest BCUT2D eigenvalue weighted by Crippen LogP contribution is -2.31. The summed E-state index contributed by atoms with van der Waals surface area (Å²) in [5.41, 5.74) is -0.301. The molecule has 36 heavy (non-hydrogen) atoms. The molecule has 2 heterocycles. The van der Waals surface area contributed by atoms with Crippen LogP contribution in [-0.2, 0) is 14.4 Å². The fourth-order valence-corrected chi connectivity index (χ4v) is 6.67. The molecule has 7 heteroatoms.